The molecule has 1 atom stereocenters. The van der Waals surface area contributed by atoms with Gasteiger partial charge >= 0.3 is 0 Å². The van der Waals surface area contributed by atoms with Gasteiger partial charge < -0.3 is 10.6 Å². The van der Waals surface area contributed by atoms with Crippen molar-refractivity contribution in [3.05, 3.63) is 63.6 Å². The highest BCUT2D eigenvalue weighted by molar-refractivity contribution is 6.68. The Morgan fingerprint density at radius 3 is 2.21 bits per heavy atom. The van der Waals surface area contributed by atoms with Crippen LogP contribution >= 0.6 is 58.0 Å². The first-order valence-corrected chi connectivity index (χ1v) is 8.71. The first-order chi connectivity index (χ1) is 11.2. The number of hydrogen-bond acceptors (Lipinski definition) is 2. The molecule has 8 heteroatoms. The van der Waals surface area contributed by atoms with Crippen molar-refractivity contribution >= 4 is 69.6 Å². The molecule has 2 aromatic rings. The zero-order valence-corrected chi connectivity index (χ0v) is 16.2. The number of aryl methyl sites for hydroxylation is 1. The second-order valence-electron chi connectivity index (χ2n) is 5.08. The molecule has 3 nitrogen and oxygen atoms in total. The zero-order valence-electron chi connectivity index (χ0n) is 12.4. The first-order valence-electron chi connectivity index (χ1n) is 6.82. The van der Waals surface area contributed by atoms with E-state index < -0.39 is 9.96 Å². The summed E-state index contributed by atoms with van der Waals surface area (Å²) in [6.45, 7) is 1.93. The Labute approximate surface area is 165 Å². The molecule has 0 aliphatic carbocycles. The number of rotatable bonds is 4. The maximum absolute atomic E-state index is 12.4. The van der Waals surface area contributed by atoms with Crippen LogP contribution in [-0.4, -0.2) is 15.9 Å². The third kappa shape index (κ3) is 5.33. The van der Waals surface area contributed by atoms with Crippen LogP contribution in [0.4, 0.5) is 5.69 Å². The molecule has 0 aromatic heterocycles. The monoisotopic (exact) mass is 424 g/mol. The van der Waals surface area contributed by atoms with Gasteiger partial charge in [-0.25, -0.2) is 0 Å². The summed E-state index contributed by atoms with van der Waals surface area (Å²) >= 11 is 29.9. The van der Waals surface area contributed by atoms with Crippen LogP contribution in [0.1, 0.15) is 15.9 Å². The molecule has 2 rings (SSSR count). The third-order valence-corrected chi connectivity index (χ3v) is 4.35. The minimum atomic E-state index is -1.80. The highest BCUT2D eigenvalue weighted by atomic mass is 35.6. The molecule has 2 N–H and O–H groups in total. The predicted molar refractivity (Wildman–Crippen MR) is 103 cm³/mol. The fraction of sp³-hybridized carbons (Fsp3) is 0.188. The van der Waals surface area contributed by atoms with Crippen LogP contribution in [0.5, 0.6) is 0 Å². The second-order valence-corrected chi connectivity index (χ2v) is 8.30. The van der Waals surface area contributed by atoms with Gasteiger partial charge in [0.2, 0.25) is 3.79 Å². The summed E-state index contributed by atoms with van der Waals surface area (Å²) in [6, 6.07) is 11.8. The van der Waals surface area contributed by atoms with Crippen molar-refractivity contribution in [2.45, 2.75) is 16.9 Å². The Morgan fingerprint density at radius 2 is 1.67 bits per heavy atom. The topological polar surface area (TPSA) is 41.1 Å². The number of anilines is 1. The van der Waals surface area contributed by atoms with E-state index >= 15 is 0 Å². The molecule has 0 spiro atoms. The summed E-state index contributed by atoms with van der Waals surface area (Å²) in [4.78, 5) is 12.4. The zero-order chi connectivity index (χ0) is 17.9. The van der Waals surface area contributed by atoms with Crippen LogP contribution in [0, 0.1) is 6.92 Å². The third-order valence-electron chi connectivity index (χ3n) is 3.15. The molecule has 0 radical (unpaired) electrons. The minimum Gasteiger partial charge on any atom is -0.361 e. The molecule has 0 aliphatic heterocycles. The van der Waals surface area contributed by atoms with E-state index in [-0.39, 0.29) is 5.91 Å². The van der Waals surface area contributed by atoms with Crippen LogP contribution in [-0.2, 0) is 0 Å². The Bertz CT molecular complexity index is 728. The number of benzene rings is 2. The van der Waals surface area contributed by atoms with Crippen molar-refractivity contribution in [1.82, 2.24) is 5.32 Å². The molecule has 0 fully saturated rings. The van der Waals surface area contributed by atoms with Gasteiger partial charge in [0.15, 0.2) is 0 Å². The Morgan fingerprint density at radius 1 is 1.04 bits per heavy atom. The summed E-state index contributed by atoms with van der Waals surface area (Å²) in [7, 11) is 0. The number of carbonyl (C=O) groups is 1. The van der Waals surface area contributed by atoms with Crippen molar-refractivity contribution in [3.63, 3.8) is 0 Å². The fourth-order valence-electron chi connectivity index (χ4n) is 1.88. The fourth-order valence-corrected chi connectivity index (χ4v) is 2.67. The molecule has 0 bridgehead atoms. The molecular formula is C16H13Cl5N2O. The van der Waals surface area contributed by atoms with E-state index in [2.05, 4.69) is 10.6 Å². The molecule has 2 aromatic carbocycles. The average molecular weight is 427 g/mol. The van der Waals surface area contributed by atoms with Gasteiger partial charge in [-0.05, 0) is 37.3 Å². The normalized spacial score (nSPS) is 12.6. The number of amides is 1. The Kier molecular flexibility index (Phi) is 6.52. The van der Waals surface area contributed by atoms with Crippen LogP contribution in [0.3, 0.4) is 0 Å². The van der Waals surface area contributed by atoms with E-state index in [1.54, 1.807) is 30.3 Å². The van der Waals surface area contributed by atoms with Crippen LogP contribution in [0.2, 0.25) is 10.0 Å². The van der Waals surface area contributed by atoms with Crippen LogP contribution in [0.25, 0.3) is 0 Å². The van der Waals surface area contributed by atoms with Crippen molar-refractivity contribution < 1.29 is 4.79 Å². The number of carbonyl (C=O) groups excluding carboxylic acids is 1. The molecule has 0 saturated carbocycles. The number of hydrogen-bond donors (Lipinski definition) is 2. The highest BCUT2D eigenvalue weighted by Crippen LogP contribution is 2.33. The van der Waals surface area contributed by atoms with Gasteiger partial charge in [0.1, 0.15) is 6.17 Å². The number of halogens is 5. The van der Waals surface area contributed by atoms with Gasteiger partial charge in [-0.15, -0.1) is 0 Å². The molecule has 0 unspecified atom stereocenters. The molecule has 0 saturated heterocycles. The second kappa shape index (κ2) is 8.03. The minimum absolute atomic E-state index is 0.339. The predicted octanol–water partition coefficient (Wildman–Crippen LogP) is 5.84. The van der Waals surface area contributed by atoms with E-state index in [9.17, 15) is 4.79 Å². The lowest BCUT2D eigenvalue weighted by Crippen LogP contribution is -2.49. The summed E-state index contributed by atoms with van der Waals surface area (Å²) in [5, 5.41) is 6.36. The van der Waals surface area contributed by atoms with Gasteiger partial charge in [0, 0.05) is 10.6 Å². The van der Waals surface area contributed by atoms with Crippen molar-refractivity contribution in [2.24, 2.45) is 0 Å². The summed E-state index contributed by atoms with van der Waals surface area (Å²) in [5.74, 6) is -0.385. The van der Waals surface area contributed by atoms with Gasteiger partial charge in [0.25, 0.3) is 5.91 Å². The summed E-state index contributed by atoms with van der Waals surface area (Å²) in [6.07, 6.45) is -1.00. The average Bonchev–Trinajstić information content (AvgIpc) is 2.48. The smallest absolute Gasteiger partial charge is 0.252 e. The summed E-state index contributed by atoms with van der Waals surface area (Å²) < 4.78 is -1.80. The SMILES string of the molecule is Cc1ccc(C(=O)N[C@H](Nc2ccc(Cl)cc2Cl)C(Cl)(Cl)Cl)cc1. The van der Waals surface area contributed by atoms with Crippen LogP contribution < -0.4 is 10.6 Å². The summed E-state index contributed by atoms with van der Waals surface area (Å²) in [5.41, 5.74) is 1.96. The van der Waals surface area contributed by atoms with Gasteiger partial charge in [0.05, 0.1) is 10.7 Å². The van der Waals surface area contributed by atoms with E-state index in [0.717, 1.165) is 5.56 Å². The quantitative estimate of drug-likeness (QED) is 0.476. The van der Waals surface area contributed by atoms with E-state index in [1.165, 1.54) is 0 Å². The highest BCUT2D eigenvalue weighted by Gasteiger charge is 2.34. The lowest BCUT2D eigenvalue weighted by atomic mass is 10.1. The molecular weight excluding hydrogens is 413 g/mol. The lowest BCUT2D eigenvalue weighted by molar-refractivity contribution is 0.0942. The Hall–Kier alpha value is -0.840. The lowest BCUT2D eigenvalue weighted by Gasteiger charge is -2.28. The van der Waals surface area contributed by atoms with Gasteiger partial charge in [-0.1, -0.05) is 75.7 Å². The van der Waals surface area contributed by atoms with Gasteiger partial charge in [-0.3, -0.25) is 4.79 Å². The van der Waals surface area contributed by atoms with Crippen molar-refractivity contribution in [1.29, 1.82) is 0 Å². The van der Waals surface area contributed by atoms with Gasteiger partial charge in [-0.2, -0.15) is 0 Å². The van der Waals surface area contributed by atoms with E-state index in [1.807, 2.05) is 19.1 Å². The Balaban J connectivity index is 2.19. The maximum Gasteiger partial charge on any atom is 0.252 e. The molecule has 1 amide bonds. The molecule has 0 aliphatic rings. The van der Waals surface area contributed by atoms with Crippen molar-refractivity contribution in [2.75, 3.05) is 5.32 Å². The van der Waals surface area contributed by atoms with E-state index in [0.29, 0.717) is 21.3 Å². The maximum atomic E-state index is 12.4. The number of alkyl halides is 3. The molecule has 128 valence electrons. The standard InChI is InChI=1S/C16H13Cl5N2O/c1-9-2-4-10(5-3-9)14(24)23-15(16(19,20)21)22-13-7-6-11(17)8-12(13)18/h2-8,15,22H,1H3,(H,23,24)/t15-/m0/s1. The van der Waals surface area contributed by atoms with Crippen molar-refractivity contribution in [3.8, 4) is 0 Å². The molecule has 24 heavy (non-hydrogen) atoms. The first kappa shape index (κ1) is 19.5. The number of nitrogens with one attached hydrogen (secondary N) is 2. The largest absolute Gasteiger partial charge is 0.361 e. The molecule has 0 heterocycles. The van der Waals surface area contributed by atoms with E-state index in [4.69, 9.17) is 58.0 Å². The van der Waals surface area contributed by atoms with Crippen LogP contribution in [0.15, 0.2) is 42.5 Å².